The molecule has 0 bridgehead atoms. The maximum Gasteiger partial charge on any atom is 0.573 e. The first-order chi connectivity index (χ1) is 10.3. The van der Waals surface area contributed by atoms with Gasteiger partial charge in [0.2, 0.25) is 5.75 Å². The van der Waals surface area contributed by atoms with Crippen LogP contribution in [0.15, 0.2) is 36.4 Å². The highest BCUT2D eigenvalue weighted by Crippen LogP contribution is 2.34. The molecule has 0 fully saturated rings. The van der Waals surface area contributed by atoms with E-state index < -0.39 is 23.7 Å². The number of aryl methyl sites for hydroxylation is 1. The van der Waals surface area contributed by atoms with Crippen LogP contribution in [0.1, 0.15) is 18.9 Å². The van der Waals surface area contributed by atoms with Crippen LogP contribution in [0, 0.1) is 11.6 Å². The van der Waals surface area contributed by atoms with Gasteiger partial charge >= 0.3 is 6.36 Å². The van der Waals surface area contributed by atoms with Crippen LogP contribution >= 0.6 is 0 Å². The van der Waals surface area contributed by atoms with E-state index >= 15 is 0 Å². The van der Waals surface area contributed by atoms with Crippen LogP contribution in [0.25, 0.3) is 11.1 Å². The van der Waals surface area contributed by atoms with E-state index in [-0.39, 0.29) is 5.56 Å². The van der Waals surface area contributed by atoms with Crippen LogP contribution in [-0.4, -0.2) is 6.36 Å². The van der Waals surface area contributed by atoms with E-state index in [4.69, 9.17) is 0 Å². The molecule has 0 aliphatic carbocycles. The van der Waals surface area contributed by atoms with Crippen molar-refractivity contribution >= 4 is 0 Å². The molecule has 0 radical (unpaired) electrons. The first kappa shape index (κ1) is 16.3. The molecular weight excluding hydrogens is 303 g/mol. The lowest BCUT2D eigenvalue weighted by atomic mass is 10.0. The summed E-state index contributed by atoms with van der Waals surface area (Å²) in [5.41, 5.74) is 1.23. The van der Waals surface area contributed by atoms with Crippen molar-refractivity contribution in [1.82, 2.24) is 0 Å². The lowest BCUT2D eigenvalue weighted by Crippen LogP contribution is -2.19. The van der Waals surface area contributed by atoms with Gasteiger partial charge in [0.15, 0.2) is 11.6 Å². The third-order valence-electron chi connectivity index (χ3n) is 3.07. The van der Waals surface area contributed by atoms with Crippen molar-refractivity contribution in [3.05, 3.63) is 53.6 Å². The lowest BCUT2D eigenvalue weighted by Gasteiger charge is -2.13. The van der Waals surface area contributed by atoms with Crippen molar-refractivity contribution in [3.63, 3.8) is 0 Å². The van der Waals surface area contributed by atoms with Crippen molar-refractivity contribution < 1.29 is 26.7 Å². The summed E-state index contributed by atoms with van der Waals surface area (Å²) in [7, 11) is 0. The molecule has 2 rings (SSSR count). The van der Waals surface area contributed by atoms with Gasteiger partial charge in [-0.05, 0) is 29.7 Å². The van der Waals surface area contributed by atoms with Crippen LogP contribution in [0.4, 0.5) is 22.0 Å². The Morgan fingerprint density at radius 2 is 1.59 bits per heavy atom. The number of hydrogen-bond acceptors (Lipinski definition) is 1. The highest BCUT2D eigenvalue weighted by atomic mass is 19.4. The summed E-state index contributed by atoms with van der Waals surface area (Å²) in [6.45, 7) is 2.01. The maximum absolute atomic E-state index is 14.1. The van der Waals surface area contributed by atoms with Gasteiger partial charge in [0.05, 0.1) is 0 Å². The average Bonchev–Trinajstić information content (AvgIpc) is 2.44. The van der Waals surface area contributed by atoms with E-state index in [1.807, 2.05) is 6.92 Å². The third-order valence-corrected chi connectivity index (χ3v) is 3.07. The topological polar surface area (TPSA) is 9.23 Å². The van der Waals surface area contributed by atoms with Crippen molar-refractivity contribution in [2.24, 2.45) is 0 Å². The molecule has 0 heterocycles. The van der Waals surface area contributed by atoms with Gasteiger partial charge in [0.1, 0.15) is 0 Å². The van der Waals surface area contributed by atoms with E-state index in [9.17, 15) is 22.0 Å². The van der Waals surface area contributed by atoms with E-state index in [1.165, 1.54) is 0 Å². The summed E-state index contributed by atoms with van der Waals surface area (Å²) in [6.07, 6.45) is -3.38. The van der Waals surface area contributed by atoms with Crippen LogP contribution in [0.3, 0.4) is 0 Å². The lowest BCUT2D eigenvalue weighted by molar-refractivity contribution is -0.276. The molecule has 2 aromatic carbocycles. The molecule has 0 aliphatic rings. The number of ether oxygens (including phenoxy) is 1. The first-order valence-corrected chi connectivity index (χ1v) is 6.65. The van der Waals surface area contributed by atoms with E-state index in [1.54, 1.807) is 24.3 Å². The third kappa shape index (κ3) is 3.75. The van der Waals surface area contributed by atoms with Gasteiger partial charge in [-0.1, -0.05) is 37.6 Å². The molecule has 0 saturated heterocycles. The monoisotopic (exact) mass is 316 g/mol. The van der Waals surface area contributed by atoms with E-state index in [0.29, 0.717) is 5.56 Å². The van der Waals surface area contributed by atoms with Crippen LogP contribution < -0.4 is 4.74 Å². The van der Waals surface area contributed by atoms with Gasteiger partial charge in [-0.25, -0.2) is 8.78 Å². The molecule has 0 saturated carbocycles. The number of rotatable bonds is 4. The Kier molecular flexibility index (Phi) is 4.68. The summed E-state index contributed by atoms with van der Waals surface area (Å²) in [4.78, 5) is 0. The summed E-state index contributed by atoms with van der Waals surface area (Å²) >= 11 is 0. The SMILES string of the molecule is CCCc1ccc(-c2ccc(F)c(OC(F)(F)F)c2F)cc1. The average molecular weight is 316 g/mol. The Hall–Kier alpha value is -2.11. The summed E-state index contributed by atoms with van der Waals surface area (Å²) in [5.74, 6) is -4.22. The normalized spacial score (nSPS) is 11.5. The Labute approximate surface area is 124 Å². The number of halogens is 5. The largest absolute Gasteiger partial charge is 0.573 e. The van der Waals surface area contributed by atoms with Crippen LogP contribution in [0.2, 0.25) is 0 Å². The van der Waals surface area contributed by atoms with Gasteiger partial charge in [-0.2, -0.15) is 0 Å². The molecule has 0 aromatic heterocycles. The Bertz CT molecular complexity index is 647. The highest BCUT2D eigenvalue weighted by molar-refractivity contribution is 5.66. The fourth-order valence-corrected chi connectivity index (χ4v) is 2.10. The second-order valence-electron chi connectivity index (χ2n) is 4.73. The van der Waals surface area contributed by atoms with Gasteiger partial charge in [0.25, 0.3) is 0 Å². The Balaban J connectivity index is 2.41. The number of benzene rings is 2. The minimum atomic E-state index is -5.16. The second kappa shape index (κ2) is 6.34. The fourth-order valence-electron chi connectivity index (χ4n) is 2.10. The van der Waals surface area contributed by atoms with Crippen molar-refractivity contribution in [1.29, 1.82) is 0 Å². The fraction of sp³-hybridized carbons (Fsp3) is 0.250. The predicted molar refractivity (Wildman–Crippen MR) is 72.5 cm³/mol. The van der Waals surface area contributed by atoms with Crippen molar-refractivity contribution in [2.45, 2.75) is 26.1 Å². The van der Waals surface area contributed by atoms with Gasteiger partial charge in [-0.3, -0.25) is 0 Å². The molecule has 0 amide bonds. The smallest absolute Gasteiger partial charge is 0.399 e. The first-order valence-electron chi connectivity index (χ1n) is 6.65. The van der Waals surface area contributed by atoms with Crippen LogP contribution in [-0.2, 0) is 6.42 Å². The molecule has 118 valence electrons. The summed E-state index contributed by atoms with van der Waals surface area (Å²) in [5, 5.41) is 0. The van der Waals surface area contributed by atoms with E-state index in [2.05, 4.69) is 4.74 Å². The molecule has 1 nitrogen and oxygen atoms in total. The molecule has 6 heteroatoms. The number of alkyl halides is 3. The Morgan fingerprint density at radius 3 is 2.14 bits per heavy atom. The van der Waals surface area contributed by atoms with Gasteiger partial charge in [-0.15, -0.1) is 13.2 Å². The van der Waals surface area contributed by atoms with E-state index in [0.717, 1.165) is 30.5 Å². The van der Waals surface area contributed by atoms with Gasteiger partial charge in [0, 0.05) is 5.56 Å². The summed E-state index contributed by atoms with van der Waals surface area (Å²) < 4.78 is 67.6. The molecule has 0 atom stereocenters. The minimum Gasteiger partial charge on any atom is -0.399 e. The molecule has 0 spiro atoms. The minimum absolute atomic E-state index is 0.149. The summed E-state index contributed by atoms with van der Waals surface area (Å²) in [6, 6.07) is 8.51. The molecule has 0 unspecified atom stereocenters. The van der Waals surface area contributed by atoms with Crippen LogP contribution in [0.5, 0.6) is 5.75 Å². The van der Waals surface area contributed by atoms with Crippen molar-refractivity contribution in [2.75, 3.05) is 0 Å². The molecule has 0 aliphatic heterocycles. The molecule has 22 heavy (non-hydrogen) atoms. The van der Waals surface area contributed by atoms with Gasteiger partial charge < -0.3 is 4.74 Å². The van der Waals surface area contributed by atoms with Crippen molar-refractivity contribution in [3.8, 4) is 16.9 Å². The quantitative estimate of drug-likeness (QED) is 0.678. The number of hydrogen-bond donors (Lipinski definition) is 0. The molecule has 2 aromatic rings. The Morgan fingerprint density at radius 1 is 0.955 bits per heavy atom. The predicted octanol–water partition coefficient (Wildman–Crippen LogP) is 5.48. The zero-order valence-corrected chi connectivity index (χ0v) is 11.7. The molecular formula is C16H13F5O. The zero-order valence-electron chi connectivity index (χ0n) is 11.7. The second-order valence-corrected chi connectivity index (χ2v) is 4.73. The standard InChI is InChI=1S/C16H13F5O/c1-2-3-10-4-6-11(7-5-10)12-8-9-13(17)15(14(12)18)22-16(19,20)21/h4-9H,2-3H2,1H3. The molecule has 0 N–H and O–H groups in total. The zero-order chi connectivity index (χ0) is 16.3. The maximum atomic E-state index is 14.1. The highest BCUT2D eigenvalue weighted by Gasteiger charge is 2.34.